The van der Waals surface area contributed by atoms with Gasteiger partial charge in [0.25, 0.3) is 5.91 Å². The molecule has 2 heterocycles. The fraction of sp³-hybridized carbons (Fsp3) is 0.348. The number of benzene rings is 2. The Kier molecular flexibility index (Phi) is 5.22. The van der Waals surface area contributed by atoms with Gasteiger partial charge in [-0.15, -0.1) is 0 Å². The van der Waals surface area contributed by atoms with E-state index in [2.05, 4.69) is 6.07 Å². The number of carbonyl (C=O) groups excluding carboxylic acids is 2. The van der Waals surface area contributed by atoms with E-state index in [1.807, 2.05) is 43.3 Å². The van der Waals surface area contributed by atoms with Gasteiger partial charge in [-0.3, -0.25) is 9.69 Å². The Hall–Kier alpha value is -3.33. The first-order valence-electron chi connectivity index (χ1n) is 9.91. The number of ether oxygens (including phenoxy) is 1. The van der Waals surface area contributed by atoms with Crippen LogP contribution in [0.5, 0.6) is 0 Å². The van der Waals surface area contributed by atoms with Crippen molar-refractivity contribution in [3.63, 3.8) is 0 Å². The maximum atomic E-state index is 13.0. The zero-order chi connectivity index (χ0) is 20.4. The number of amides is 2. The molecular formula is C23H23N3O3. The minimum Gasteiger partial charge on any atom is -0.447 e. The van der Waals surface area contributed by atoms with E-state index < -0.39 is 0 Å². The van der Waals surface area contributed by atoms with Crippen molar-refractivity contribution in [3.05, 3.63) is 53.6 Å². The van der Waals surface area contributed by atoms with Gasteiger partial charge in [0.1, 0.15) is 6.61 Å². The maximum absolute atomic E-state index is 13.0. The van der Waals surface area contributed by atoms with Crippen LogP contribution < -0.4 is 4.90 Å². The number of piperidine rings is 1. The lowest BCUT2D eigenvalue weighted by Crippen LogP contribution is -2.39. The maximum Gasteiger partial charge on any atom is 0.414 e. The summed E-state index contributed by atoms with van der Waals surface area (Å²) in [5.74, 6) is -0.151. The molecule has 2 amide bonds. The Labute approximate surface area is 170 Å². The first kappa shape index (κ1) is 19.0. The monoisotopic (exact) mass is 389 g/mol. The van der Waals surface area contributed by atoms with Gasteiger partial charge in [0.15, 0.2) is 0 Å². The largest absolute Gasteiger partial charge is 0.447 e. The number of cyclic esters (lactones) is 1. The Balaban J connectivity index is 1.67. The summed E-state index contributed by atoms with van der Waals surface area (Å²) >= 11 is 0. The van der Waals surface area contributed by atoms with Crippen molar-refractivity contribution in [2.75, 3.05) is 31.1 Å². The number of anilines is 1. The molecule has 0 bridgehead atoms. The van der Waals surface area contributed by atoms with Crippen molar-refractivity contribution < 1.29 is 14.3 Å². The first-order valence-corrected chi connectivity index (χ1v) is 9.91. The molecule has 2 aliphatic rings. The van der Waals surface area contributed by atoms with E-state index in [1.54, 1.807) is 15.9 Å². The molecule has 0 aromatic heterocycles. The third kappa shape index (κ3) is 3.81. The summed E-state index contributed by atoms with van der Waals surface area (Å²) < 4.78 is 5.10. The van der Waals surface area contributed by atoms with Crippen LogP contribution in [0.3, 0.4) is 0 Å². The summed E-state index contributed by atoms with van der Waals surface area (Å²) in [6.45, 7) is 4.04. The molecule has 0 saturated carbocycles. The van der Waals surface area contributed by atoms with Gasteiger partial charge in [0.05, 0.1) is 24.2 Å². The van der Waals surface area contributed by atoms with E-state index in [0.29, 0.717) is 31.8 Å². The van der Waals surface area contributed by atoms with E-state index in [-0.39, 0.29) is 17.9 Å². The van der Waals surface area contributed by atoms with Crippen LogP contribution in [0, 0.1) is 24.2 Å². The van der Waals surface area contributed by atoms with Gasteiger partial charge in [-0.05, 0) is 49.6 Å². The van der Waals surface area contributed by atoms with Crippen molar-refractivity contribution >= 4 is 17.7 Å². The Morgan fingerprint density at radius 1 is 1.21 bits per heavy atom. The highest BCUT2D eigenvalue weighted by Crippen LogP contribution is 2.34. The third-order valence-electron chi connectivity index (χ3n) is 5.52. The molecule has 6 heteroatoms. The van der Waals surface area contributed by atoms with E-state index >= 15 is 0 Å². The quantitative estimate of drug-likeness (QED) is 0.795. The predicted octanol–water partition coefficient (Wildman–Crippen LogP) is 3.99. The van der Waals surface area contributed by atoms with Crippen molar-refractivity contribution in [1.29, 1.82) is 5.26 Å². The van der Waals surface area contributed by atoms with Gasteiger partial charge in [-0.25, -0.2) is 4.79 Å². The Bertz CT molecular complexity index is 995. The van der Waals surface area contributed by atoms with Gasteiger partial charge in [0, 0.05) is 24.2 Å². The fourth-order valence-corrected chi connectivity index (χ4v) is 4.00. The Morgan fingerprint density at radius 2 is 2.07 bits per heavy atom. The second-order valence-corrected chi connectivity index (χ2v) is 7.59. The first-order chi connectivity index (χ1) is 14.1. The average molecular weight is 389 g/mol. The van der Waals surface area contributed by atoms with E-state index in [4.69, 9.17) is 4.74 Å². The number of nitriles is 1. The zero-order valence-corrected chi connectivity index (χ0v) is 16.4. The molecule has 6 nitrogen and oxygen atoms in total. The SMILES string of the molecule is Cc1ccc(N2CCOC2=O)c(-c2cccc(C(=O)N3CCCC(C#N)C3)c2)c1. The molecule has 2 saturated heterocycles. The van der Waals surface area contributed by atoms with Crippen molar-refractivity contribution in [2.24, 2.45) is 5.92 Å². The van der Waals surface area contributed by atoms with E-state index in [1.165, 1.54) is 0 Å². The average Bonchev–Trinajstić information content (AvgIpc) is 3.19. The summed E-state index contributed by atoms with van der Waals surface area (Å²) in [6, 6.07) is 15.7. The number of hydrogen-bond acceptors (Lipinski definition) is 4. The van der Waals surface area contributed by atoms with E-state index in [0.717, 1.165) is 35.2 Å². The molecule has 2 aromatic rings. The van der Waals surface area contributed by atoms with Crippen LogP contribution in [0.4, 0.5) is 10.5 Å². The summed E-state index contributed by atoms with van der Waals surface area (Å²) in [4.78, 5) is 28.5. The Morgan fingerprint density at radius 3 is 2.83 bits per heavy atom. The van der Waals surface area contributed by atoms with Crippen LogP contribution in [0.2, 0.25) is 0 Å². The van der Waals surface area contributed by atoms with Crippen LogP contribution in [0.1, 0.15) is 28.8 Å². The van der Waals surface area contributed by atoms with Gasteiger partial charge < -0.3 is 9.64 Å². The molecule has 0 spiro atoms. The molecule has 148 valence electrons. The van der Waals surface area contributed by atoms with Crippen molar-refractivity contribution in [3.8, 4) is 17.2 Å². The highest BCUT2D eigenvalue weighted by molar-refractivity contribution is 5.98. The summed E-state index contributed by atoms with van der Waals surface area (Å²) in [6.07, 6.45) is 1.35. The molecular weight excluding hydrogens is 366 g/mol. The number of nitrogens with zero attached hydrogens (tertiary/aromatic N) is 3. The van der Waals surface area contributed by atoms with Crippen molar-refractivity contribution in [1.82, 2.24) is 4.90 Å². The molecule has 29 heavy (non-hydrogen) atoms. The van der Waals surface area contributed by atoms with Gasteiger partial charge in [-0.1, -0.05) is 23.8 Å². The van der Waals surface area contributed by atoms with Gasteiger partial charge in [0.2, 0.25) is 0 Å². The standard InChI is InChI=1S/C23H23N3O3/c1-16-7-8-21(26-10-11-29-23(26)28)20(12-16)18-5-2-6-19(13-18)22(27)25-9-3-4-17(14-24)15-25/h2,5-8,12-13,17H,3-4,9-11,15H2,1H3. The van der Waals surface area contributed by atoms with Crippen LogP contribution in [-0.2, 0) is 4.74 Å². The lowest BCUT2D eigenvalue weighted by atomic mass is 9.96. The third-order valence-corrected chi connectivity index (χ3v) is 5.52. The highest BCUT2D eigenvalue weighted by Gasteiger charge is 2.27. The van der Waals surface area contributed by atoms with Crippen LogP contribution >= 0.6 is 0 Å². The lowest BCUT2D eigenvalue weighted by Gasteiger charge is -2.29. The normalized spacial score (nSPS) is 19.0. The second kappa shape index (κ2) is 7.96. The zero-order valence-electron chi connectivity index (χ0n) is 16.4. The number of hydrogen-bond donors (Lipinski definition) is 0. The molecule has 0 radical (unpaired) electrons. The number of aryl methyl sites for hydroxylation is 1. The molecule has 1 atom stereocenters. The smallest absolute Gasteiger partial charge is 0.414 e. The van der Waals surface area contributed by atoms with E-state index in [9.17, 15) is 14.9 Å². The van der Waals surface area contributed by atoms with Crippen molar-refractivity contribution in [2.45, 2.75) is 19.8 Å². The second-order valence-electron chi connectivity index (χ2n) is 7.59. The molecule has 2 aliphatic heterocycles. The summed E-state index contributed by atoms with van der Waals surface area (Å²) in [5.41, 5.74) is 4.22. The minimum absolute atomic E-state index is 0.0541. The summed E-state index contributed by atoms with van der Waals surface area (Å²) in [7, 11) is 0. The lowest BCUT2D eigenvalue weighted by molar-refractivity contribution is 0.0699. The van der Waals surface area contributed by atoms with Gasteiger partial charge in [-0.2, -0.15) is 5.26 Å². The van der Waals surface area contributed by atoms with Crippen LogP contribution in [-0.4, -0.2) is 43.1 Å². The molecule has 1 unspecified atom stereocenters. The number of rotatable bonds is 3. The van der Waals surface area contributed by atoms with Gasteiger partial charge >= 0.3 is 6.09 Å². The predicted molar refractivity (Wildman–Crippen MR) is 110 cm³/mol. The number of carbonyl (C=O) groups is 2. The van der Waals surface area contributed by atoms with Crippen LogP contribution in [0.15, 0.2) is 42.5 Å². The minimum atomic E-state index is -0.349. The topological polar surface area (TPSA) is 73.6 Å². The number of likely N-dealkylation sites (tertiary alicyclic amines) is 1. The molecule has 0 aliphatic carbocycles. The molecule has 0 N–H and O–H groups in total. The molecule has 2 fully saturated rings. The van der Waals surface area contributed by atoms with Crippen LogP contribution in [0.25, 0.3) is 11.1 Å². The fourth-order valence-electron chi connectivity index (χ4n) is 4.00. The highest BCUT2D eigenvalue weighted by atomic mass is 16.6. The molecule has 4 rings (SSSR count). The molecule has 2 aromatic carbocycles. The summed E-state index contributed by atoms with van der Waals surface area (Å²) in [5, 5.41) is 9.21.